The van der Waals surface area contributed by atoms with E-state index in [1.807, 2.05) is 0 Å². The molecule has 0 amide bonds. The summed E-state index contributed by atoms with van der Waals surface area (Å²) in [5, 5.41) is 0. The lowest BCUT2D eigenvalue weighted by atomic mass is 10.1. The van der Waals surface area contributed by atoms with Crippen LogP contribution in [0, 0.1) is 11.7 Å². The molecule has 0 radical (unpaired) electrons. The Hall–Kier alpha value is -1.14. The lowest BCUT2D eigenvalue weighted by Crippen LogP contribution is -2.31. The Bertz CT molecular complexity index is 554. The first kappa shape index (κ1) is 14.3. The third kappa shape index (κ3) is 3.06. The van der Waals surface area contributed by atoms with Crippen molar-refractivity contribution < 1.29 is 12.8 Å². The molecule has 0 spiro atoms. The average Bonchev–Trinajstić information content (AvgIpc) is 2.81. The molecule has 0 aliphatic heterocycles. The van der Waals surface area contributed by atoms with E-state index >= 15 is 0 Å². The lowest BCUT2D eigenvalue weighted by Gasteiger charge is -2.21. The molecule has 4 nitrogen and oxygen atoms in total. The summed E-state index contributed by atoms with van der Waals surface area (Å²) in [6.45, 7) is 0.499. The van der Waals surface area contributed by atoms with Crippen molar-refractivity contribution in [2.45, 2.75) is 30.6 Å². The van der Waals surface area contributed by atoms with Gasteiger partial charge in [0.15, 0.2) is 0 Å². The zero-order valence-electron chi connectivity index (χ0n) is 11.0. The largest absolute Gasteiger partial charge is 0.398 e. The Kier molecular flexibility index (Phi) is 4.10. The van der Waals surface area contributed by atoms with Gasteiger partial charge in [0.1, 0.15) is 10.7 Å². The Balaban J connectivity index is 2.20. The highest BCUT2D eigenvalue weighted by Gasteiger charge is 2.27. The number of nitrogens with two attached hydrogens (primary N) is 1. The fourth-order valence-corrected chi connectivity index (χ4v) is 3.92. The smallest absolute Gasteiger partial charge is 0.244 e. The third-order valence-corrected chi connectivity index (χ3v) is 5.55. The predicted molar refractivity (Wildman–Crippen MR) is 72.6 cm³/mol. The van der Waals surface area contributed by atoms with E-state index < -0.39 is 15.8 Å². The minimum Gasteiger partial charge on any atom is -0.398 e. The second-order valence-corrected chi connectivity index (χ2v) is 7.13. The van der Waals surface area contributed by atoms with Crippen LogP contribution in [0.15, 0.2) is 23.1 Å². The van der Waals surface area contributed by atoms with Crippen LogP contribution in [0.2, 0.25) is 0 Å². The molecule has 106 valence electrons. The molecule has 0 heterocycles. The monoisotopic (exact) mass is 286 g/mol. The van der Waals surface area contributed by atoms with Gasteiger partial charge in [-0.3, -0.25) is 0 Å². The first-order chi connectivity index (χ1) is 8.91. The Morgan fingerprint density at radius 2 is 2.00 bits per heavy atom. The minimum absolute atomic E-state index is 0.0191. The van der Waals surface area contributed by atoms with Crippen LogP contribution in [0.4, 0.5) is 10.1 Å². The van der Waals surface area contributed by atoms with E-state index in [1.54, 1.807) is 7.05 Å². The highest BCUT2D eigenvalue weighted by Crippen LogP contribution is 2.28. The van der Waals surface area contributed by atoms with E-state index in [0.717, 1.165) is 37.8 Å². The second-order valence-electron chi connectivity index (χ2n) is 5.12. The highest BCUT2D eigenvalue weighted by molar-refractivity contribution is 7.89. The fourth-order valence-electron chi connectivity index (χ4n) is 2.58. The van der Waals surface area contributed by atoms with Crippen molar-refractivity contribution in [2.75, 3.05) is 19.3 Å². The average molecular weight is 286 g/mol. The van der Waals surface area contributed by atoms with Gasteiger partial charge in [-0.2, -0.15) is 0 Å². The number of nitrogen functional groups attached to an aromatic ring is 1. The van der Waals surface area contributed by atoms with Gasteiger partial charge in [0.05, 0.1) is 5.69 Å². The molecule has 0 bridgehead atoms. The number of sulfonamides is 1. The van der Waals surface area contributed by atoms with Gasteiger partial charge in [0, 0.05) is 13.6 Å². The molecule has 1 aliphatic carbocycles. The molecule has 1 aromatic carbocycles. The molecule has 1 aromatic rings. The normalized spacial score (nSPS) is 17.2. The van der Waals surface area contributed by atoms with Crippen molar-refractivity contribution in [3.8, 4) is 0 Å². The van der Waals surface area contributed by atoms with E-state index in [2.05, 4.69) is 0 Å². The van der Waals surface area contributed by atoms with Gasteiger partial charge in [-0.05, 0) is 37.0 Å². The van der Waals surface area contributed by atoms with Gasteiger partial charge in [-0.15, -0.1) is 0 Å². The minimum atomic E-state index is -3.63. The quantitative estimate of drug-likeness (QED) is 0.863. The van der Waals surface area contributed by atoms with E-state index in [4.69, 9.17) is 5.73 Å². The van der Waals surface area contributed by atoms with Gasteiger partial charge in [-0.25, -0.2) is 17.1 Å². The van der Waals surface area contributed by atoms with Crippen LogP contribution in [0.3, 0.4) is 0 Å². The Morgan fingerprint density at radius 1 is 1.37 bits per heavy atom. The van der Waals surface area contributed by atoms with Crippen molar-refractivity contribution in [1.82, 2.24) is 4.31 Å². The molecule has 19 heavy (non-hydrogen) atoms. The molecular formula is C13H19FN2O2S. The predicted octanol–water partition coefficient (Wildman–Crippen LogP) is 2.22. The van der Waals surface area contributed by atoms with Crippen LogP contribution in [0.25, 0.3) is 0 Å². The summed E-state index contributed by atoms with van der Waals surface area (Å²) in [7, 11) is -2.08. The van der Waals surface area contributed by atoms with Gasteiger partial charge in [0.25, 0.3) is 0 Å². The summed E-state index contributed by atoms with van der Waals surface area (Å²) < 4.78 is 39.1. The number of rotatable bonds is 4. The zero-order valence-corrected chi connectivity index (χ0v) is 11.8. The summed E-state index contributed by atoms with van der Waals surface area (Å²) in [6, 6.07) is 3.38. The summed E-state index contributed by atoms with van der Waals surface area (Å²) in [6.07, 6.45) is 4.46. The van der Waals surface area contributed by atoms with Crippen LogP contribution >= 0.6 is 0 Å². The zero-order chi connectivity index (χ0) is 14.0. The van der Waals surface area contributed by atoms with Crippen LogP contribution in [-0.2, 0) is 10.0 Å². The maximum atomic E-state index is 13.0. The van der Waals surface area contributed by atoms with Crippen molar-refractivity contribution in [3.63, 3.8) is 0 Å². The van der Waals surface area contributed by atoms with Gasteiger partial charge in [0.2, 0.25) is 10.0 Å². The lowest BCUT2D eigenvalue weighted by molar-refractivity contribution is 0.387. The molecule has 1 fully saturated rings. The van der Waals surface area contributed by atoms with Crippen LogP contribution in [-0.4, -0.2) is 26.3 Å². The molecule has 2 rings (SSSR count). The van der Waals surface area contributed by atoms with E-state index in [9.17, 15) is 12.8 Å². The molecule has 6 heteroatoms. The molecule has 0 aromatic heterocycles. The molecule has 0 atom stereocenters. The summed E-state index contributed by atoms with van der Waals surface area (Å²) in [4.78, 5) is -0.0191. The van der Waals surface area contributed by atoms with Crippen molar-refractivity contribution in [3.05, 3.63) is 24.0 Å². The number of benzene rings is 1. The maximum absolute atomic E-state index is 13.0. The standard InChI is InChI=1S/C13H19FN2O2S/c1-16(9-10-4-2-3-5-10)19(17,18)13-7-6-11(14)8-12(13)15/h6-8,10H,2-5,9,15H2,1H3. The van der Waals surface area contributed by atoms with E-state index in [1.165, 1.54) is 10.4 Å². The van der Waals surface area contributed by atoms with Crippen LogP contribution in [0.5, 0.6) is 0 Å². The van der Waals surface area contributed by atoms with E-state index in [0.29, 0.717) is 12.5 Å². The number of hydrogen-bond donors (Lipinski definition) is 1. The number of anilines is 1. The number of halogens is 1. The molecule has 2 N–H and O–H groups in total. The molecular weight excluding hydrogens is 267 g/mol. The fraction of sp³-hybridized carbons (Fsp3) is 0.538. The highest BCUT2D eigenvalue weighted by atomic mass is 32.2. The molecule has 1 saturated carbocycles. The summed E-state index contributed by atoms with van der Waals surface area (Å²) in [5.41, 5.74) is 5.56. The summed E-state index contributed by atoms with van der Waals surface area (Å²) in [5.74, 6) is -0.114. The topological polar surface area (TPSA) is 63.4 Å². The van der Waals surface area contributed by atoms with Crippen molar-refractivity contribution in [1.29, 1.82) is 0 Å². The second kappa shape index (κ2) is 5.46. The number of hydrogen-bond acceptors (Lipinski definition) is 3. The maximum Gasteiger partial charge on any atom is 0.244 e. The SMILES string of the molecule is CN(CC1CCCC1)S(=O)(=O)c1ccc(F)cc1N. The Labute approximate surface area is 113 Å². The summed E-state index contributed by atoms with van der Waals surface area (Å²) >= 11 is 0. The molecule has 0 unspecified atom stereocenters. The van der Waals surface area contributed by atoms with Gasteiger partial charge < -0.3 is 5.73 Å². The van der Waals surface area contributed by atoms with Crippen LogP contribution < -0.4 is 5.73 Å². The van der Waals surface area contributed by atoms with Crippen molar-refractivity contribution >= 4 is 15.7 Å². The van der Waals surface area contributed by atoms with Crippen molar-refractivity contribution in [2.24, 2.45) is 5.92 Å². The van der Waals surface area contributed by atoms with E-state index in [-0.39, 0.29) is 10.6 Å². The first-order valence-corrected chi connectivity index (χ1v) is 7.86. The van der Waals surface area contributed by atoms with Crippen LogP contribution in [0.1, 0.15) is 25.7 Å². The third-order valence-electron chi connectivity index (χ3n) is 3.65. The van der Waals surface area contributed by atoms with Gasteiger partial charge >= 0.3 is 0 Å². The number of nitrogens with zero attached hydrogens (tertiary/aromatic N) is 1. The van der Waals surface area contributed by atoms with Gasteiger partial charge in [-0.1, -0.05) is 12.8 Å². The first-order valence-electron chi connectivity index (χ1n) is 6.42. The molecule has 1 aliphatic rings. The molecule has 0 saturated heterocycles. The Morgan fingerprint density at radius 3 is 2.58 bits per heavy atom.